The van der Waals surface area contributed by atoms with Crippen molar-refractivity contribution in [2.24, 2.45) is 0 Å². The summed E-state index contributed by atoms with van der Waals surface area (Å²) in [4.78, 5) is 26.7. The summed E-state index contributed by atoms with van der Waals surface area (Å²) in [6, 6.07) is -1.02. The summed E-state index contributed by atoms with van der Waals surface area (Å²) >= 11 is 0. The van der Waals surface area contributed by atoms with Crippen LogP contribution in [0.1, 0.15) is 374 Å². The first kappa shape index (κ1) is 82.9. The van der Waals surface area contributed by atoms with Crippen molar-refractivity contribution in [3.63, 3.8) is 0 Å². The van der Waals surface area contributed by atoms with E-state index in [9.17, 15) is 35.1 Å². The van der Waals surface area contributed by atoms with Crippen molar-refractivity contribution in [2.45, 2.75) is 423 Å². The van der Waals surface area contributed by atoms with Crippen LogP contribution in [0.15, 0.2) is 36.5 Å². The maximum Gasteiger partial charge on any atom is 0.306 e. The van der Waals surface area contributed by atoms with E-state index in [0.717, 1.165) is 64.2 Å². The highest BCUT2D eigenvalue weighted by atomic mass is 16.7. The van der Waals surface area contributed by atoms with Crippen LogP contribution in [0.3, 0.4) is 0 Å². The van der Waals surface area contributed by atoms with Crippen LogP contribution in [-0.4, -0.2) is 99.6 Å². The Morgan fingerprint density at radius 2 is 0.793 bits per heavy atom. The first-order valence-corrected chi connectivity index (χ1v) is 37.8. The number of carbonyl (C=O) groups excluding carboxylic acids is 2. The van der Waals surface area contributed by atoms with E-state index < -0.39 is 67.4 Å². The lowest BCUT2D eigenvalue weighted by molar-refractivity contribution is -0.305. The molecule has 1 heterocycles. The molecular weight excluding hydrogens is 1090 g/mol. The summed E-state index contributed by atoms with van der Waals surface area (Å²) in [6.45, 7) is 5.84. The molecule has 0 radical (unpaired) electrons. The lowest BCUT2D eigenvalue weighted by Crippen LogP contribution is -2.61. The van der Waals surface area contributed by atoms with Gasteiger partial charge in [0.05, 0.1) is 25.4 Å². The molecule has 512 valence electrons. The average Bonchev–Trinajstić information content (AvgIpc) is 2.32. The fraction of sp³-hybridized carbons (Fsp3) is 0.895. The third-order valence-corrected chi connectivity index (χ3v) is 18.0. The molecule has 0 aromatic carbocycles. The molecule has 0 bridgehead atoms. The van der Waals surface area contributed by atoms with Gasteiger partial charge in [-0.25, -0.2) is 0 Å². The first-order chi connectivity index (χ1) is 42.7. The van der Waals surface area contributed by atoms with Crippen LogP contribution in [-0.2, 0) is 23.8 Å². The second kappa shape index (κ2) is 64.0. The van der Waals surface area contributed by atoms with E-state index in [1.165, 1.54) is 263 Å². The van der Waals surface area contributed by atoms with Gasteiger partial charge in [-0.05, 0) is 57.8 Å². The van der Waals surface area contributed by atoms with Crippen LogP contribution in [0.5, 0.6) is 0 Å². The Labute approximate surface area is 536 Å². The molecule has 1 saturated heterocycles. The lowest BCUT2D eigenvalue weighted by atomic mass is 9.99. The van der Waals surface area contributed by atoms with Crippen molar-refractivity contribution >= 4 is 11.9 Å². The highest BCUT2D eigenvalue weighted by Crippen LogP contribution is 2.27. The van der Waals surface area contributed by atoms with Crippen LogP contribution in [0.4, 0.5) is 0 Å². The molecule has 6 N–H and O–H groups in total. The second-order valence-electron chi connectivity index (χ2n) is 26.4. The molecule has 1 rings (SSSR count). The highest BCUT2D eigenvalue weighted by Gasteiger charge is 2.47. The van der Waals surface area contributed by atoms with Gasteiger partial charge in [-0.1, -0.05) is 346 Å². The van der Waals surface area contributed by atoms with Crippen LogP contribution < -0.4 is 5.32 Å². The Morgan fingerprint density at radius 1 is 0.448 bits per heavy atom. The average molecular weight is 1230 g/mol. The molecule has 1 fully saturated rings. The minimum Gasteiger partial charge on any atom is -0.454 e. The summed E-state index contributed by atoms with van der Waals surface area (Å²) in [5.41, 5.74) is 0. The second-order valence-corrected chi connectivity index (χ2v) is 26.4. The van der Waals surface area contributed by atoms with Gasteiger partial charge in [-0.3, -0.25) is 9.59 Å². The number of carbonyl (C=O) groups is 2. The van der Waals surface area contributed by atoms with Gasteiger partial charge >= 0.3 is 5.97 Å². The van der Waals surface area contributed by atoms with Gasteiger partial charge in [-0.2, -0.15) is 0 Å². The monoisotopic (exact) mass is 1230 g/mol. The van der Waals surface area contributed by atoms with Gasteiger partial charge < -0.3 is 45.1 Å². The Hall–Kier alpha value is -2.12. The zero-order chi connectivity index (χ0) is 63.1. The molecule has 0 aromatic heterocycles. The van der Waals surface area contributed by atoms with Crippen LogP contribution in [0.25, 0.3) is 0 Å². The number of nitrogens with one attached hydrogen (secondary N) is 1. The zero-order valence-corrected chi connectivity index (χ0v) is 57.2. The van der Waals surface area contributed by atoms with Crippen molar-refractivity contribution in [2.75, 3.05) is 13.2 Å². The van der Waals surface area contributed by atoms with E-state index in [0.29, 0.717) is 19.3 Å². The summed E-state index contributed by atoms with van der Waals surface area (Å²) in [5, 5.41) is 57.4. The molecule has 1 amide bonds. The summed E-state index contributed by atoms with van der Waals surface area (Å²) < 4.78 is 17.7. The molecule has 1 aliphatic rings. The van der Waals surface area contributed by atoms with E-state index in [-0.39, 0.29) is 13.0 Å². The van der Waals surface area contributed by atoms with Crippen LogP contribution in [0.2, 0.25) is 0 Å². The standard InChI is InChI=1S/C76H143NO10/c1-4-7-10-13-16-19-22-25-27-29-31-33-34-35-36-37-39-41-43-46-49-52-55-58-61-64-71(81)87-74-73(83)72(82)70(65-78)86-76(74)85-66-67(68(79)62-59-56-53-50-47-44-24-21-18-15-12-9-6-3)77-75(84)69(80)63-60-57-54-51-48-45-42-40-38-32-30-28-26-23-20-17-14-11-8-5-2/h16,19,25,27,59,62,67-70,72-74,76,78-80,82-83H,4-15,17-18,20-24,26,28-58,60-61,63-66H2,1-3H3,(H,77,84)/b19-16-,27-25-,62-59+. The molecular formula is C76H143NO10. The zero-order valence-electron chi connectivity index (χ0n) is 57.2. The number of esters is 1. The number of amides is 1. The van der Waals surface area contributed by atoms with E-state index in [4.69, 9.17) is 14.2 Å². The van der Waals surface area contributed by atoms with Crippen molar-refractivity contribution in [3.05, 3.63) is 36.5 Å². The summed E-state index contributed by atoms with van der Waals surface area (Å²) in [6.07, 6.45) is 69.0. The van der Waals surface area contributed by atoms with Gasteiger partial charge in [0.25, 0.3) is 0 Å². The van der Waals surface area contributed by atoms with E-state index in [1.807, 2.05) is 6.08 Å². The van der Waals surface area contributed by atoms with Gasteiger partial charge in [0.2, 0.25) is 5.91 Å². The summed E-state index contributed by atoms with van der Waals surface area (Å²) in [5.74, 6) is -1.17. The molecule has 0 aliphatic carbocycles. The smallest absolute Gasteiger partial charge is 0.306 e. The molecule has 0 saturated carbocycles. The number of ether oxygens (including phenoxy) is 3. The fourth-order valence-electron chi connectivity index (χ4n) is 12.1. The first-order valence-electron chi connectivity index (χ1n) is 37.8. The quantitative estimate of drug-likeness (QED) is 0.0195. The highest BCUT2D eigenvalue weighted by molar-refractivity contribution is 5.80. The number of hydrogen-bond donors (Lipinski definition) is 6. The van der Waals surface area contributed by atoms with Crippen molar-refractivity contribution in [1.82, 2.24) is 5.32 Å². The fourth-order valence-corrected chi connectivity index (χ4v) is 12.1. The molecule has 0 spiro atoms. The molecule has 87 heavy (non-hydrogen) atoms. The predicted molar refractivity (Wildman–Crippen MR) is 366 cm³/mol. The SMILES string of the molecule is CCCCC/C=C\C/C=C\CCCCCCCCCCCCCCCCCC(=O)OC1C(OCC(NC(=O)C(O)CCCCCCCCCCCCCCCCCCCCCC)C(O)/C=C/CCCCCCCCCCCCC)OC(CO)C(O)C1O. The minimum absolute atomic E-state index is 0.127. The number of rotatable bonds is 66. The lowest BCUT2D eigenvalue weighted by Gasteiger charge is -2.41. The normalized spacial score (nSPS) is 18.4. The van der Waals surface area contributed by atoms with Gasteiger partial charge in [0.15, 0.2) is 12.4 Å². The van der Waals surface area contributed by atoms with E-state index in [2.05, 4.69) is 50.4 Å². The molecule has 8 atom stereocenters. The van der Waals surface area contributed by atoms with Crippen LogP contribution >= 0.6 is 0 Å². The Bertz CT molecular complexity index is 1560. The van der Waals surface area contributed by atoms with E-state index in [1.54, 1.807) is 6.08 Å². The summed E-state index contributed by atoms with van der Waals surface area (Å²) in [7, 11) is 0. The Kier molecular flexibility index (Phi) is 61.0. The third-order valence-electron chi connectivity index (χ3n) is 18.0. The van der Waals surface area contributed by atoms with Crippen molar-refractivity contribution < 1.29 is 49.3 Å². The number of unbranched alkanes of at least 4 members (excludes halogenated alkanes) is 48. The van der Waals surface area contributed by atoms with E-state index >= 15 is 0 Å². The third kappa shape index (κ3) is 51.1. The number of aliphatic hydroxyl groups excluding tert-OH is 5. The molecule has 1 aliphatic heterocycles. The molecule has 11 nitrogen and oxygen atoms in total. The van der Waals surface area contributed by atoms with Crippen molar-refractivity contribution in [3.8, 4) is 0 Å². The molecule has 8 unspecified atom stereocenters. The van der Waals surface area contributed by atoms with Crippen molar-refractivity contribution in [1.29, 1.82) is 0 Å². The number of aliphatic hydroxyl groups is 5. The Balaban J connectivity index is 2.54. The maximum atomic E-state index is 13.5. The molecule has 0 aromatic rings. The van der Waals surface area contributed by atoms with Crippen LogP contribution in [0, 0.1) is 0 Å². The minimum atomic E-state index is -1.61. The van der Waals surface area contributed by atoms with Gasteiger partial charge in [0.1, 0.15) is 24.4 Å². The Morgan fingerprint density at radius 3 is 1.20 bits per heavy atom. The largest absolute Gasteiger partial charge is 0.454 e. The number of hydrogen-bond acceptors (Lipinski definition) is 10. The molecule has 11 heteroatoms. The maximum absolute atomic E-state index is 13.5. The number of allylic oxidation sites excluding steroid dienone is 5. The topological polar surface area (TPSA) is 175 Å². The van der Waals surface area contributed by atoms with Gasteiger partial charge in [-0.15, -0.1) is 0 Å². The predicted octanol–water partition coefficient (Wildman–Crippen LogP) is 19.7. The van der Waals surface area contributed by atoms with Gasteiger partial charge in [0, 0.05) is 6.42 Å².